The highest BCUT2D eigenvalue weighted by atomic mass is 32.2. The fourth-order valence-electron chi connectivity index (χ4n) is 2.98. The van der Waals surface area contributed by atoms with E-state index in [2.05, 4.69) is 40.4 Å². The van der Waals surface area contributed by atoms with Crippen LogP contribution in [-0.4, -0.2) is 13.1 Å². The molecular weight excluding hydrogens is 187 g/mol. The van der Waals surface area contributed by atoms with Crippen molar-refractivity contribution >= 4 is 19.6 Å². The number of hydrogen-bond donors (Lipinski definition) is 0. The predicted molar refractivity (Wildman–Crippen MR) is 68.6 cm³/mol. The largest absolute Gasteiger partial charge is 0.127 e. The van der Waals surface area contributed by atoms with E-state index in [-0.39, 0.29) is 0 Å². The lowest BCUT2D eigenvalue weighted by Gasteiger charge is -2.26. The quantitative estimate of drug-likeness (QED) is 0.550. The Kier molecular flexibility index (Phi) is 2.76. The van der Waals surface area contributed by atoms with Crippen molar-refractivity contribution in [3.8, 4) is 0 Å². The number of thioether (sulfide) groups is 1. The van der Waals surface area contributed by atoms with E-state index in [9.17, 15) is 0 Å². The zero-order valence-corrected chi connectivity index (χ0v) is 10.7. The molecule has 0 bridgehead atoms. The number of rotatable bonds is 0. The summed E-state index contributed by atoms with van der Waals surface area (Å²) >= 11 is 2.15. The Bertz CT molecular complexity index is 267. The zero-order chi connectivity index (χ0) is 10.3. The van der Waals surface area contributed by atoms with Crippen molar-refractivity contribution in [2.45, 2.75) is 57.0 Å². The van der Waals surface area contributed by atoms with Crippen LogP contribution in [0.25, 0.3) is 0 Å². The van der Waals surface area contributed by atoms with E-state index in [4.69, 9.17) is 0 Å². The number of hydrogen-bond acceptors (Lipinski definition) is 1. The van der Waals surface area contributed by atoms with E-state index >= 15 is 0 Å². The average molecular weight is 208 g/mol. The fraction of sp³-hybridized carbons (Fsp3) is 0.833. The van der Waals surface area contributed by atoms with E-state index in [1.54, 1.807) is 10.5 Å². The molecule has 0 saturated heterocycles. The summed E-state index contributed by atoms with van der Waals surface area (Å²) in [5.74, 6) is 0.904. The average Bonchev–Trinajstić information content (AvgIpc) is 2.28. The Balaban J connectivity index is 2.16. The van der Waals surface area contributed by atoms with Gasteiger partial charge in [0.2, 0.25) is 0 Å². The van der Waals surface area contributed by atoms with Gasteiger partial charge in [-0.25, -0.2) is 0 Å². The lowest BCUT2D eigenvalue weighted by atomic mass is 9.65. The molecule has 78 valence electrons. The summed E-state index contributed by atoms with van der Waals surface area (Å²) in [6, 6.07) is 0. The highest BCUT2D eigenvalue weighted by molar-refractivity contribution is 8.03. The van der Waals surface area contributed by atoms with Crippen LogP contribution in [-0.2, 0) is 0 Å². The Morgan fingerprint density at radius 1 is 1.43 bits per heavy atom. The van der Waals surface area contributed by atoms with Gasteiger partial charge in [-0.2, -0.15) is 0 Å². The van der Waals surface area contributed by atoms with Crippen LogP contribution < -0.4 is 0 Å². The topological polar surface area (TPSA) is 0 Å². The minimum Gasteiger partial charge on any atom is -0.127 e. The summed E-state index contributed by atoms with van der Waals surface area (Å²) in [6.45, 7) is 7.10. The second kappa shape index (κ2) is 3.62. The molecule has 1 aliphatic carbocycles. The molecule has 0 nitrogen and oxygen atoms in total. The molecule has 0 N–H and O–H groups in total. The van der Waals surface area contributed by atoms with Gasteiger partial charge in [-0.05, 0) is 37.5 Å². The summed E-state index contributed by atoms with van der Waals surface area (Å²) in [5, 5.41) is 1.48. The molecule has 14 heavy (non-hydrogen) atoms. The molecule has 1 saturated carbocycles. The van der Waals surface area contributed by atoms with Crippen LogP contribution in [0.5, 0.6) is 0 Å². The lowest BCUT2D eigenvalue weighted by Crippen LogP contribution is -2.17. The van der Waals surface area contributed by atoms with Gasteiger partial charge in [0.15, 0.2) is 0 Å². The van der Waals surface area contributed by atoms with Crippen LogP contribution in [0.4, 0.5) is 0 Å². The smallest absolute Gasteiger partial charge is 0.109 e. The zero-order valence-electron chi connectivity index (χ0n) is 9.89. The van der Waals surface area contributed by atoms with E-state index in [1.165, 1.54) is 25.7 Å². The Morgan fingerprint density at radius 3 is 2.86 bits per heavy atom. The maximum Gasteiger partial charge on any atom is 0.109 e. The van der Waals surface area contributed by atoms with Gasteiger partial charge in [-0.1, -0.05) is 30.7 Å². The molecule has 2 unspecified atom stereocenters. The molecule has 2 heteroatoms. The third-order valence-corrected chi connectivity index (χ3v) is 5.48. The summed E-state index contributed by atoms with van der Waals surface area (Å²) in [7, 11) is 2.44. The number of fused-ring (bicyclic) bond motifs is 1. The second-order valence-corrected chi connectivity index (χ2v) is 7.22. The first-order valence-electron chi connectivity index (χ1n) is 5.84. The second-order valence-electron chi connectivity index (χ2n) is 5.76. The van der Waals surface area contributed by atoms with E-state index in [0.29, 0.717) is 5.31 Å². The summed E-state index contributed by atoms with van der Waals surface area (Å²) in [5.41, 5.74) is 1.69. The molecule has 1 aliphatic heterocycles. The Labute approximate surface area is 93.3 Å². The number of allylic oxidation sites excluding steroid dienone is 2. The van der Waals surface area contributed by atoms with Gasteiger partial charge in [-0.15, -0.1) is 11.8 Å². The van der Waals surface area contributed by atoms with Crippen molar-refractivity contribution in [1.82, 2.24) is 0 Å². The maximum atomic E-state index is 2.44. The molecule has 0 amide bonds. The first kappa shape index (κ1) is 10.7. The molecule has 0 spiro atoms. The fourth-order valence-corrected chi connectivity index (χ4v) is 4.81. The predicted octanol–water partition coefficient (Wildman–Crippen LogP) is 3.40. The third kappa shape index (κ3) is 1.91. The van der Waals surface area contributed by atoms with Crippen molar-refractivity contribution in [3.63, 3.8) is 0 Å². The maximum absolute atomic E-state index is 2.44. The van der Waals surface area contributed by atoms with Crippen molar-refractivity contribution in [2.75, 3.05) is 0 Å². The van der Waals surface area contributed by atoms with Crippen molar-refractivity contribution < 1.29 is 0 Å². The van der Waals surface area contributed by atoms with Crippen molar-refractivity contribution in [2.24, 2.45) is 5.92 Å². The molecular formula is C12H21BS. The van der Waals surface area contributed by atoms with Gasteiger partial charge >= 0.3 is 0 Å². The monoisotopic (exact) mass is 208 g/mol. The van der Waals surface area contributed by atoms with Crippen molar-refractivity contribution in [3.05, 3.63) is 10.5 Å². The first-order valence-corrected chi connectivity index (χ1v) is 6.72. The van der Waals surface area contributed by atoms with Gasteiger partial charge in [0.25, 0.3) is 0 Å². The van der Waals surface area contributed by atoms with Gasteiger partial charge in [0.05, 0.1) is 0 Å². The van der Waals surface area contributed by atoms with Crippen LogP contribution in [0, 0.1) is 5.92 Å². The van der Waals surface area contributed by atoms with Crippen molar-refractivity contribution in [1.29, 1.82) is 0 Å². The van der Waals surface area contributed by atoms with Crippen LogP contribution in [0.1, 0.15) is 46.5 Å². The molecule has 0 aromatic heterocycles. The molecule has 2 aliphatic rings. The minimum atomic E-state index is 0.581. The van der Waals surface area contributed by atoms with Gasteiger partial charge in [0.1, 0.15) is 7.85 Å². The van der Waals surface area contributed by atoms with E-state index in [0.717, 1.165) is 11.2 Å². The van der Waals surface area contributed by atoms with E-state index in [1.807, 2.05) is 0 Å². The van der Waals surface area contributed by atoms with Gasteiger partial charge in [0, 0.05) is 5.25 Å². The first-order chi connectivity index (χ1) is 6.49. The molecule has 0 radical (unpaired) electrons. The molecule has 1 fully saturated rings. The van der Waals surface area contributed by atoms with Crippen LogP contribution in [0.2, 0.25) is 5.31 Å². The van der Waals surface area contributed by atoms with Crippen LogP contribution in [0.15, 0.2) is 10.5 Å². The molecule has 0 aromatic carbocycles. The highest BCUT2D eigenvalue weighted by Crippen LogP contribution is 2.52. The van der Waals surface area contributed by atoms with Crippen LogP contribution >= 0.6 is 11.8 Å². The molecule has 2 rings (SSSR count). The summed E-state index contributed by atoms with van der Waals surface area (Å²) in [6.07, 6.45) is 5.70. The van der Waals surface area contributed by atoms with Gasteiger partial charge < -0.3 is 0 Å². The third-order valence-electron chi connectivity index (χ3n) is 4.01. The molecule has 0 aromatic rings. The van der Waals surface area contributed by atoms with Gasteiger partial charge in [-0.3, -0.25) is 0 Å². The standard InChI is InChI=1S/C12H21BS/c1-8-9(2)14-11-7-12(3,13)6-4-5-10(8)11/h10-11H,4-7,13H2,1-3H3/t10?,11-,12?/m0/s1. The summed E-state index contributed by atoms with van der Waals surface area (Å²) in [4.78, 5) is 1.61. The minimum absolute atomic E-state index is 0.581. The van der Waals surface area contributed by atoms with Crippen LogP contribution in [0.3, 0.4) is 0 Å². The summed E-state index contributed by atoms with van der Waals surface area (Å²) < 4.78 is 0. The SMILES string of the molecule is BC1(C)CCCC2C(C)=C(C)S[C@H]2C1. The Morgan fingerprint density at radius 2 is 2.14 bits per heavy atom. The molecule has 1 heterocycles. The van der Waals surface area contributed by atoms with E-state index < -0.39 is 0 Å². The Hall–Kier alpha value is 0.155. The lowest BCUT2D eigenvalue weighted by molar-refractivity contribution is 0.524. The normalized spacial score (nSPS) is 43.6. The molecule has 3 atom stereocenters. The highest BCUT2D eigenvalue weighted by Gasteiger charge is 2.37.